The maximum absolute atomic E-state index is 5.86. The highest BCUT2D eigenvalue weighted by Crippen LogP contribution is 2.16. The monoisotopic (exact) mass is 192 g/mol. The zero-order valence-corrected chi connectivity index (χ0v) is 9.42. The van der Waals surface area contributed by atoms with Gasteiger partial charge in [-0.3, -0.25) is 0 Å². The zero-order chi connectivity index (χ0) is 10.4. The fourth-order valence-electron chi connectivity index (χ4n) is 1.48. The number of hydrogen-bond donors (Lipinski definition) is 0. The first kappa shape index (κ1) is 11.1. The molecule has 0 radical (unpaired) electrons. The van der Waals surface area contributed by atoms with E-state index in [1.165, 1.54) is 12.0 Å². The predicted octanol–water partition coefficient (Wildman–Crippen LogP) is 3.95. The molecule has 0 N–H and O–H groups in total. The molecule has 0 spiro atoms. The van der Waals surface area contributed by atoms with Gasteiger partial charge in [0.05, 0.1) is 6.10 Å². The normalized spacial score (nSPS) is 12.5. The number of ether oxygens (including phenoxy) is 1. The molecular weight excluding hydrogens is 172 g/mol. The zero-order valence-electron chi connectivity index (χ0n) is 9.42. The van der Waals surface area contributed by atoms with Crippen LogP contribution in [-0.4, -0.2) is 6.10 Å². The van der Waals surface area contributed by atoms with Crippen molar-refractivity contribution in [1.29, 1.82) is 0 Å². The van der Waals surface area contributed by atoms with Crippen LogP contribution in [0.15, 0.2) is 24.3 Å². The molecule has 14 heavy (non-hydrogen) atoms. The van der Waals surface area contributed by atoms with Gasteiger partial charge >= 0.3 is 0 Å². The molecule has 1 atom stereocenters. The Bertz CT molecular complexity index is 250. The van der Waals surface area contributed by atoms with Gasteiger partial charge in [-0.25, -0.2) is 0 Å². The van der Waals surface area contributed by atoms with Gasteiger partial charge in [0.25, 0.3) is 0 Å². The Labute approximate surface area is 87.1 Å². The van der Waals surface area contributed by atoms with E-state index in [2.05, 4.69) is 32.9 Å². The third kappa shape index (κ3) is 3.41. The molecule has 0 heterocycles. The van der Waals surface area contributed by atoms with E-state index < -0.39 is 0 Å². The minimum absolute atomic E-state index is 0.378. The first-order valence-corrected chi connectivity index (χ1v) is 5.49. The molecule has 1 nitrogen and oxygen atoms in total. The Morgan fingerprint density at radius 1 is 1.14 bits per heavy atom. The minimum atomic E-state index is 0.378. The number of aryl methyl sites for hydroxylation is 1. The molecule has 0 aromatic heterocycles. The Kier molecular flexibility index (Phi) is 4.51. The van der Waals surface area contributed by atoms with Crippen LogP contribution < -0.4 is 4.74 Å². The van der Waals surface area contributed by atoms with Crippen molar-refractivity contribution in [2.75, 3.05) is 0 Å². The summed E-state index contributed by atoms with van der Waals surface area (Å²) < 4.78 is 5.86. The first-order chi connectivity index (χ1) is 6.76. The summed E-state index contributed by atoms with van der Waals surface area (Å²) in [6.07, 6.45) is 3.79. The molecule has 0 aliphatic heterocycles. The van der Waals surface area contributed by atoms with Gasteiger partial charge in [0, 0.05) is 0 Å². The largest absolute Gasteiger partial charge is 0.490 e. The van der Waals surface area contributed by atoms with E-state index in [1.807, 2.05) is 12.1 Å². The van der Waals surface area contributed by atoms with Gasteiger partial charge in [0.1, 0.15) is 5.75 Å². The van der Waals surface area contributed by atoms with Crippen LogP contribution in [0.3, 0.4) is 0 Å². The van der Waals surface area contributed by atoms with E-state index in [-0.39, 0.29) is 0 Å². The molecule has 0 fully saturated rings. The van der Waals surface area contributed by atoms with E-state index in [0.29, 0.717) is 6.10 Å². The van der Waals surface area contributed by atoms with Crippen molar-refractivity contribution in [2.24, 2.45) is 0 Å². The summed E-state index contributed by atoms with van der Waals surface area (Å²) in [5.41, 5.74) is 1.28. The maximum Gasteiger partial charge on any atom is 0.119 e. The second-order valence-corrected chi connectivity index (χ2v) is 3.75. The summed E-state index contributed by atoms with van der Waals surface area (Å²) in [7, 11) is 0. The van der Waals surface area contributed by atoms with Gasteiger partial charge < -0.3 is 4.74 Å². The van der Waals surface area contributed by atoms with Crippen molar-refractivity contribution in [3.63, 3.8) is 0 Å². The molecule has 0 bridgehead atoms. The molecular formula is C13H20O. The van der Waals surface area contributed by atoms with Crippen LogP contribution in [0.5, 0.6) is 5.75 Å². The topological polar surface area (TPSA) is 9.23 Å². The van der Waals surface area contributed by atoms with Gasteiger partial charge in [-0.1, -0.05) is 38.0 Å². The number of hydrogen-bond acceptors (Lipinski definition) is 1. The molecule has 1 heteroatoms. The van der Waals surface area contributed by atoms with Crippen molar-refractivity contribution >= 4 is 0 Å². The summed E-state index contributed by atoms with van der Waals surface area (Å²) in [6.45, 7) is 6.46. The van der Waals surface area contributed by atoms with Crippen molar-refractivity contribution in [3.05, 3.63) is 29.8 Å². The van der Waals surface area contributed by atoms with Crippen LogP contribution >= 0.6 is 0 Å². The van der Waals surface area contributed by atoms with Crippen molar-refractivity contribution < 1.29 is 4.74 Å². The quantitative estimate of drug-likeness (QED) is 0.686. The van der Waals surface area contributed by atoms with Gasteiger partial charge in [0.15, 0.2) is 0 Å². The molecule has 1 aromatic carbocycles. The molecule has 0 aliphatic carbocycles. The second kappa shape index (κ2) is 5.69. The molecule has 0 saturated heterocycles. The third-order valence-corrected chi connectivity index (χ3v) is 2.39. The fourth-order valence-corrected chi connectivity index (χ4v) is 1.48. The van der Waals surface area contributed by atoms with Crippen LogP contribution in [0.25, 0.3) is 0 Å². The second-order valence-electron chi connectivity index (χ2n) is 3.75. The molecule has 1 unspecified atom stereocenters. The smallest absolute Gasteiger partial charge is 0.119 e. The van der Waals surface area contributed by atoms with Gasteiger partial charge in [-0.2, -0.15) is 0 Å². The lowest BCUT2D eigenvalue weighted by molar-refractivity contribution is 0.185. The first-order valence-electron chi connectivity index (χ1n) is 5.49. The predicted molar refractivity (Wildman–Crippen MR) is 60.8 cm³/mol. The van der Waals surface area contributed by atoms with Gasteiger partial charge in [0.2, 0.25) is 0 Å². The highest BCUT2D eigenvalue weighted by atomic mass is 16.5. The Morgan fingerprint density at radius 3 is 2.29 bits per heavy atom. The Balaban J connectivity index is 2.53. The maximum atomic E-state index is 5.86. The van der Waals surface area contributed by atoms with E-state index in [9.17, 15) is 0 Å². The van der Waals surface area contributed by atoms with Crippen molar-refractivity contribution in [3.8, 4) is 5.75 Å². The van der Waals surface area contributed by atoms with Crippen LogP contribution in [0.2, 0.25) is 0 Å². The molecule has 0 saturated carbocycles. The van der Waals surface area contributed by atoms with Crippen LogP contribution in [0, 0.1) is 6.92 Å². The standard InChI is InChI=1S/C13H20O/c1-4-6-12(5-2)14-13-9-7-11(3)8-10-13/h7-10,12H,4-6H2,1-3H3. The van der Waals surface area contributed by atoms with E-state index >= 15 is 0 Å². The number of rotatable bonds is 5. The minimum Gasteiger partial charge on any atom is -0.490 e. The van der Waals surface area contributed by atoms with Gasteiger partial charge in [-0.05, 0) is 31.9 Å². The van der Waals surface area contributed by atoms with Crippen LogP contribution in [-0.2, 0) is 0 Å². The van der Waals surface area contributed by atoms with Gasteiger partial charge in [-0.15, -0.1) is 0 Å². The van der Waals surface area contributed by atoms with Crippen molar-refractivity contribution in [1.82, 2.24) is 0 Å². The summed E-state index contributed by atoms with van der Waals surface area (Å²) in [4.78, 5) is 0. The summed E-state index contributed by atoms with van der Waals surface area (Å²) in [6, 6.07) is 8.28. The Morgan fingerprint density at radius 2 is 1.79 bits per heavy atom. The van der Waals surface area contributed by atoms with E-state index in [1.54, 1.807) is 0 Å². The summed E-state index contributed by atoms with van der Waals surface area (Å²) in [5, 5.41) is 0. The van der Waals surface area contributed by atoms with Crippen LogP contribution in [0.4, 0.5) is 0 Å². The van der Waals surface area contributed by atoms with Crippen molar-refractivity contribution in [2.45, 2.75) is 46.1 Å². The fraction of sp³-hybridized carbons (Fsp3) is 0.538. The molecule has 0 amide bonds. The average molecular weight is 192 g/mol. The third-order valence-electron chi connectivity index (χ3n) is 2.39. The lowest BCUT2D eigenvalue weighted by atomic mass is 10.1. The highest BCUT2D eigenvalue weighted by molar-refractivity contribution is 5.26. The number of benzene rings is 1. The molecule has 1 rings (SSSR count). The lowest BCUT2D eigenvalue weighted by Crippen LogP contribution is -2.14. The lowest BCUT2D eigenvalue weighted by Gasteiger charge is -2.16. The average Bonchev–Trinajstić information content (AvgIpc) is 2.20. The summed E-state index contributed by atoms with van der Waals surface area (Å²) >= 11 is 0. The molecule has 1 aromatic rings. The summed E-state index contributed by atoms with van der Waals surface area (Å²) in [5.74, 6) is 0.996. The molecule has 78 valence electrons. The SMILES string of the molecule is CCCC(CC)Oc1ccc(C)cc1. The van der Waals surface area contributed by atoms with E-state index in [4.69, 9.17) is 4.74 Å². The highest BCUT2D eigenvalue weighted by Gasteiger charge is 2.05. The Hall–Kier alpha value is -0.980. The van der Waals surface area contributed by atoms with E-state index in [0.717, 1.165) is 18.6 Å². The van der Waals surface area contributed by atoms with Crippen LogP contribution in [0.1, 0.15) is 38.7 Å². The molecule has 0 aliphatic rings.